The molecule has 1 N–H and O–H groups in total. The molecule has 8 rings (SSSR count). The van der Waals surface area contributed by atoms with Crippen molar-refractivity contribution in [2.24, 2.45) is 0 Å². The number of hydrogen-bond donors (Lipinski definition) is 1. The van der Waals surface area contributed by atoms with Crippen molar-refractivity contribution in [3.63, 3.8) is 0 Å². The van der Waals surface area contributed by atoms with Gasteiger partial charge in [0, 0.05) is 27.1 Å². The van der Waals surface area contributed by atoms with E-state index in [0.717, 1.165) is 34.6 Å². The minimum atomic E-state index is -4.36. The summed E-state index contributed by atoms with van der Waals surface area (Å²) in [5.41, 5.74) is 5.25. The lowest BCUT2D eigenvalue weighted by Crippen LogP contribution is -2.25. The third-order valence-corrected chi connectivity index (χ3v) is 12.5. The Kier molecular flexibility index (Phi) is 8.00. The normalized spacial score (nSPS) is 14.6. The van der Waals surface area contributed by atoms with Crippen LogP contribution in [0.15, 0.2) is 110 Å². The maximum Gasteiger partial charge on any atom is 0.312 e. The van der Waals surface area contributed by atoms with E-state index in [1.807, 2.05) is 42.5 Å². The van der Waals surface area contributed by atoms with Crippen molar-refractivity contribution in [2.75, 3.05) is 0 Å². The van der Waals surface area contributed by atoms with Gasteiger partial charge < -0.3 is 5.11 Å². The first kappa shape index (κ1) is 32.2. The van der Waals surface area contributed by atoms with Gasteiger partial charge in [-0.3, -0.25) is 9.78 Å². The van der Waals surface area contributed by atoms with Gasteiger partial charge in [-0.15, -0.1) is 6.58 Å². The third kappa shape index (κ3) is 5.10. The van der Waals surface area contributed by atoms with Gasteiger partial charge in [0.25, 0.3) is 10.0 Å². The number of benzene rings is 5. The van der Waals surface area contributed by atoms with Gasteiger partial charge in [-0.25, -0.2) is 12.4 Å². The molecule has 0 bridgehead atoms. The predicted molar refractivity (Wildman–Crippen MR) is 204 cm³/mol. The molecule has 2 heterocycles. The first-order chi connectivity index (χ1) is 24.2. The van der Waals surface area contributed by atoms with E-state index in [-0.39, 0.29) is 12.1 Å². The Morgan fingerprint density at radius 3 is 2.42 bits per heavy atom. The summed E-state index contributed by atoms with van der Waals surface area (Å²) < 4.78 is 31.1. The standard InChI is InChI=1S/C42H35ClN2O4S/c1-3-29(42(46)47)39-24-27-22-28(43)17-21-38(27)45(39)50(48,49)40(4-2)41-31-13-8-6-11-26(31)23-37(44-41)36-15-9-14-32-34-18-16-25-10-5-7-12-30(25)33(34)19-20-35(32)36/h4,6,8-9,11,13-24,29,40H,2-3,5,7,10,12H2,1H3,(H,46,47). The summed E-state index contributed by atoms with van der Waals surface area (Å²) in [6, 6.07) is 31.2. The summed E-state index contributed by atoms with van der Waals surface area (Å²) in [5, 5.41) is 16.0. The van der Waals surface area contributed by atoms with Gasteiger partial charge in [-0.1, -0.05) is 91.3 Å². The van der Waals surface area contributed by atoms with Gasteiger partial charge >= 0.3 is 5.97 Å². The highest BCUT2D eigenvalue weighted by Gasteiger charge is 2.35. The molecule has 2 unspecified atom stereocenters. The van der Waals surface area contributed by atoms with Crippen LogP contribution in [0.25, 0.3) is 54.5 Å². The van der Waals surface area contributed by atoms with E-state index in [0.29, 0.717) is 32.7 Å². The molecule has 0 radical (unpaired) electrons. The molecule has 0 amide bonds. The molecule has 5 aromatic carbocycles. The van der Waals surface area contributed by atoms with Crippen molar-refractivity contribution < 1.29 is 18.3 Å². The first-order valence-corrected chi connectivity index (χ1v) is 18.9. The van der Waals surface area contributed by atoms with Crippen LogP contribution in [0.3, 0.4) is 0 Å². The zero-order valence-corrected chi connectivity index (χ0v) is 29.1. The van der Waals surface area contributed by atoms with Crippen LogP contribution in [0.5, 0.6) is 0 Å². The van der Waals surface area contributed by atoms with E-state index in [2.05, 4.69) is 36.9 Å². The lowest BCUT2D eigenvalue weighted by atomic mass is 9.86. The minimum absolute atomic E-state index is 0.160. The smallest absolute Gasteiger partial charge is 0.312 e. The number of carboxylic acid groups (broad SMARTS) is 1. The Hall–Kier alpha value is -4.98. The van der Waals surface area contributed by atoms with Crippen LogP contribution >= 0.6 is 11.6 Å². The highest BCUT2D eigenvalue weighted by molar-refractivity contribution is 7.90. The molecule has 1 aliphatic rings. The summed E-state index contributed by atoms with van der Waals surface area (Å²) in [7, 11) is -4.36. The monoisotopic (exact) mass is 698 g/mol. The minimum Gasteiger partial charge on any atom is -0.481 e. The van der Waals surface area contributed by atoms with Crippen molar-refractivity contribution in [1.82, 2.24) is 8.96 Å². The fraction of sp³-hybridized carbons (Fsp3) is 0.190. The molecule has 0 saturated heterocycles. The molecule has 6 nitrogen and oxygen atoms in total. The summed E-state index contributed by atoms with van der Waals surface area (Å²) in [4.78, 5) is 17.6. The number of aliphatic carboxylic acids is 1. The van der Waals surface area contributed by atoms with Crippen LogP contribution in [-0.2, 0) is 27.7 Å². The van der Waals surface area contributed by atoms with Crippen molar-refractivity contribution in [2.45, 2.75) is 50.2 Å². The van der Waals surface area contributed by atoms with E-state index in [1.165, 1.54) is 44.8 Å². The molecular weight excluding hydrogens is 664 g/mol. The van der Waals surface area contributed by atoms with Gasteiger partial charge in [0.15, 0.2) is 0 Å². The fourth-order valence-electron chi connectivity index (χ4n) is 7.94. The Labute approximate surface area is 295 Å². The van der Waals surface area contributed by atoms with Gasteiger partial charge in [-0.2, -0.15) is 0 Å². The van der Waals surface area contributed by atoms with Crippen LogP contribution < -0.4 is 0 Å². The van der Waals surface area contributed by atoms with Crippen molar-refractivity contribution in [1.29, 1.82) is 0 Å². The number of halogens is 1. The number of aryl methyl sites for hydroxylation is 2. The third-order valence-electron chi connectivity index (χ3n) is 10.3. The second kappa shape index (κ2) is 12.4. The van der Waals surface area contributed by atoms with Gasteiger partial charge in [-0.05, 0) is 100 Å². The summed E-state index contributed by atoms with van der Waals surface area (Å²) in [5.74, 6) is -2.17. The molecule has 1 aliphatic carbocycles. The molecule has 0 spiro atoms. The SMILES string of the molecule is C=CC(c1nc(-c2cccc3c2ccc2c4c(ccc23)CCCC4)cc2ccccc12)S(=O)(=O)n1c(C(CC)C(=O)O)cc2cc(Cl)ccc21. The Balaban J connectivity index is 1.35. The summed E-state index contributed by atoms with van der Waals surface area (Å²) in [6.07, 6.45) is 6.21. The summed E-state index contributed by atoms with van der Waals surface area (Å²) in [6.45, 7) is 5.72. The van der Waals surface area contributed by atoms with Gasteiger partial charge in [0.1, 0.15) is 5.25 Å². The largest absolute Gasteiger partial charge is 0.481 e. The molecule has 2 atom stereocenters. The number of fused-ring (bicyclic) bond motifs is 7. The topological polar surface area (TPSA) is 89.3 Å². The van der Waals surface area contributed by atoms with Gasteiger partial charge in [0.2, 0.25) is 0 Å². The molecule has 8 heteroatoms. The van der Waals surface area contributed by atoms with Crippen LogP contribution in [0.1, 0.15) is 59.9 Å². The number of nitrogens with zero attached hydrogens (tertiary/aromatic N) is 2. The van der Waals surface area contributed by atoms with Gasteiger partial charge in [0.05, 0.1) is 22.8 Å². The number of carbonyl (C=O) groups is 1. The number of pyridine rings is 1. The zero-order chi connectivity index (χ0) is 34.7. The molecule has 2 aromatic heterocycles. The number of carboxylic acids is 1. The average Bonchev–Trinajstić information content (AvgIpc) is 3.50. The Morgan fingerprint density at radius 2 is 1.62 bits per heavy atom. The number of hydrogen-bond acceptors (Lipinski definition) is 4. The quantitative estimate of drug-likeness (QED) is 0.126. The fourth-order valence-corrected chi connectivity index (χ4v) is 9.97. The van der Waals surface area contributed by atoms with E-state index in [1.54, 1.807) is 31.2 Å². The Bertz CT molecular complexity index is 2640. The van der Waals surface area contributed by atoms with E-state index in [4.69, 9.17) is 16.6 Å². The number of aromatic nitrogens is 2. The van der Waals surface area contributed by atoms with Crippen LogP contribution in [0, 0.1) is 0 Å². The van der Waals surface area contributed by atoms with Crippen LogP contribution in [-0.4, -0.2) is 28.5 Å². The molecule has 0 aliphatic heterocycles. The van der Waals surface area contributed by atoms with Crippen molar-refractivity contribution in [3.8, 4) is 11.3 Å². The van der Waals surface area contributed by atoms with Crippen molar-refractivity contribution >= 4 is 70.8 Å². The average molecular weight is 699 g/mol. The molecule has 0 saturated carbocycles. The molecule has 250 valence electrons. The predicted octanol–water partition coefficient (Wildman–Crippen LogP) is 10.4. The molecule has 50 heavy (non-hydrogen) atoms. The highest BCUT2D eigenvalue weighted by atomic mass is 35.5. The van der Waals surface area contributed by atoms with E-state index >= 15 is 0 Å². The van der Waals surface area contributed by atoms with E-state index in [9.17, 15) is 18.3 Å². The molecular formula is C42H35ClN2O4S. The first-order valence-electron chi connectivity index (χ1n) is 17.0. The van der Waals surface area contributed by atoms with Crippen LogP contribution in [0.2, 0.25) is 5.02 Å². The molecule has 7 aromatic rings. The second-order valence-corrected chi connectivity index (χ2v) is 15.5. The maximum atomic E-state index is 15.0. The number of rotatable bonds is 8. The van der Waals surface area contributed by atoms with E-state index < -0.39 is 27.2 Å². The highest BCUT2D eigenvalue weighted by Crippen LogP contribution is 2.41. The lowest BCUT2D eigenvalue weighted by Gasteiger charge is -2.22. The lowest BCUT2D eigenvalue weighted by molar-refractivity contribution is -0.138. The second-order valence-electron chi connectivity index (χ2n) is 13.1. The Morgan fingerprint density at radius 1 is 0.880 bits per heavy atom. The van der Waals surface area contributed by atoms with Crippen molar-refractivity contribution in [3.05, 3.63) is 137 Å². The maximum absolute atomic E-state index is 15.0. The zero-order valence-electron chi connectivity index (χ0n) is 27.6. The molecule has 0 fully saturated rings. The van der Waals surface area contributed by atoms with Crippen LogP contribution in [0.4, 0.5) is 0 Å². The summed E-state index contributed by atoms with van der Waals surface area (Å²) >= 11 is 6.30.